The van der Waals surface area contributed by atoms with Gasteiger partial charge in [0.15, 0.2) is 0 Å². The van der Waals surface area contributed by atoms with E-state index in [1.165, 1.54) is 17.5 Å². The summed E-state index contributed by atoms with van der Waals surface area (Å²) in [5.41, 5.74) is 3.00. The number of hydrogen-bond acceptors (Lipinski definition) is 3. The van der Waals surface area contributed by atoms with E-state index in [4.69, 9.17) is 9.47 Å². The lowest BCUT2D eigenvalue weighted by atomic mass is 9.77. The van der Waals surface area contributed by atoms with Gasteiger partial charge in [-0.3, -0.25) is 0 Å². The maximum Gasteiger partial charge on any atom is 0.0928 e. The fraction of sp³-hybridized carbons (Fsp3) is 0.571. The van der Waals surface area contributed by atoms with Crippen LogP contribution in [-0.4, -0.2) is 40.0 Å². The molecule has 0 saturated carbocycles. The Bertz CT molecular complexity index is 354. The van der Waals surface area contributed by atoms with Crippen LogP contribution in [0.15, 0.2) is 24.3 Å². The third-order valence-electron chi connectivity index (χ3n) is 3.41. The maximum atomic E-state index is 5.31. The quantitative estimate of drug-likeness (QED) is 0.778. The van der Waals surface area contributed by atoms with Gasteiger partial charge in [-0.15, -0.1) is 0 Å². The molecule has 1 aliphatic carbocycles. The molecule has 0 spiro atoms. The number of hydrogen-bond donors (Lipinski definition) is 1. The van der Waals surface area contributed by atoms with Gasteiger partial charge in [0, 0.05) is 33.2 Å². The number of rotatable bonds is 7. The minimum Gasteiger partial charge on any atom is -0.382 e. The molecule has 0 amide bonds. The van der Waals surface area contributed by atoms with Crippen LogP contribution in [0.2, 0.25) is 0 Å². The van der Waals surface area contributed by atoms with Crippen molar-refractivity contribution in [3.05, 3.63) is 35.4 Å². The highest BCUT2D eigenvalue weighted by Crippen LogP contribution is 2.33. The topological polar surface area (TPSA) is 30.5 Å². The molecule has 0 fully saturated rings. The van der Waals surface area contributed by atoms with Gasteiger partial charge in [-0.1, -0.05) is 24.3 Å². The molecule has 1 N–H and O–H groups in total. The summed E-state index contributed by atoms with van der Waals surface area (Å²) in [6, 6.07) is 8.68. The monoisotopic (exact) mass is 235 g/mol. The average Bonchev–Trinajstić information content (AvgIpc) is 2.33. The molecule has 0 bridgehead atoms. The summed E-state index contributed by atoms with van der Waals surface area (Å²) >= 11 is 0. The summed E-state index contributed by atoms with van der Waals surface area (Å²) < 4.78 is 10.4. The van der Waals surface area contributed by atoms with Gasteiger partial charge in [0.25, 0.3) is 0 Å². The first kappa shape index (κ1) is 12.6. The molecule has 0 aromatic heterocycles. The van der Waals surface area contributed by atoms with Crippen molar-refractivity contribution in [2.75, 3.05) is 33.9 Å². The molecule has 3 heteroatoms. The van der Waals surface area contributed by atoms with Crippen LogP contribution in [0.25, 0.3) is 0 Å². The minimum atomic E-state index is 0.148. The van der Waals surface area contributed by atoms with E-state index in [2.05, 4.69) is 29.6 Å². The molecule has 2 rings (SSSR count). The second-order valence-electron chi connectivity index (χ2n) is 4.57. The Morgan fingerprint density at radius 1 is 1.35 bits per heavy atom. The molecule has 2 unspecified atom stereocenters. The third kappa shape index (κ3) is 3.06. The van der Waals surface area contributed by atoms with Crippen LogP contribution >= 0.6 is 0 Å². The Labute approximate surface area is 103 Å². The van der Waals surface area contributed by atoms with Gasteiger partial charge in [-0.25, -0.2) is 0 Å². The van der Waals surface area contributed by atoms with Crippen molar-refractivity contribution in [2.24, 2.45) is 0 Å². The third-order valence-corrected chi connectivity index (χ3v) is 3.41. The highest BCUT2D eigenvalue weighted by atomic mass is 16.5. The second kappa shape index (κ2) is 6.15. The molecule has 17 heavy (non-hydrogen) atoms. The first-order valence-electron chi connectivity index (χ1n) is 6.15. The maximum absolute atomic E-state index is 5.31. The van der Waals surface area contributed by atoms with Crippen LogP contribution in [0.1, 0.15) is 17.0 Å². The van der Waals surface area contributed by atoms with Crippen molar-refractivity contribution < 1.29 is 9.47 Å². The summed E-state index contributed by atoms with van der Waals surface area (Å²) in [6.45, 7) is 2.52. The number of benzene rings is 1. The van der Waals surface area contributed by atoms with Crippen LogP contribution in [0.3, 0.4) is 0 Å². The van der Waals surface area contributed by atoms with Gasteiger partial charge in [-0.2, -0.15) is 0 Å². The van der Waals surface area contributed by atoms with Crippen molar-refractivity contribution in [1.82, 2.24) is 5.32 Å². The summed E-state index contributed by atoms with van der Waals surface area (Å²) in [5.74, 6) is 0.672. The SMILES string of the molecule is COCC(CNCC1Cc2ccccc21)OC. The first-order chi connectivity index (χ1) is 8.35. The molecule has 1 aromatic carbocycles. The van der Waals surface area contributed by atoms with E-state index in [0.29, 0.717) is 12.5 Å². The number of fused-ring (bicyclic) bond motifs is 1. The number of methoxy groups -OCH3 is 2. The lowest BCUT2D eigenvalue weighted by Gasteiger charge is -2.30. The van der Waals surface area contributed by atoms with E-state index < -0.39 is 0 Å². The highest BCUT2D eigenvalue weighted by molar-refractivity contribution is 5.40. The van der Waals surface area contributed by atoms with E-state index in [9.17, 15) is 0 Å². The number of nitrogens with one attached hydrogen (secondary N) is 1. The van der Waals surface area contributed by atoms with Gasteiger partial charge in [0.2, 0.25) is 0 Å². The summed E-state index contributed by atoms with van der Waals surface area (Å²) in [7, 11) is 3.43. The molecule has 3 nitrogen and oxygen atoms in total. The van der Waals surface area contributed by atoms with Gasteiger partial charge in [0.1, 0.15) is 0 Å². The largest absolute Gasteiger partial charge is 0.382 e. The Morgan fingerprint density at radius 3 is 2.88 bits per heavy atom. The normalized spacial score (nSPS) is 19.5. The molecule has 0 aliphatic heterocycles. The number of ether oxygens (including phenoxy) is 2. The standard InChI is InChI=1S/C14H21NO2/c1-16-10-13(17-2)9-15-8-12-7-11-5-3-4-6-14(11)12/h3-6,12-13,15H,7-10H2,1-2H3. The molecule has 1 aliphatic rings. The lowest BCUT2D eigenvalue weighted by molar-refractivity contribution is 0.0288. The fourth-order valence-corrected chi connectivity index (χ4v) is 2.36. The van der Waals surface area contributed by atoms with Crippen molar-refractivity contribution >= 4 is 0 Å². The first-order valence-corrected chi connectivity index (χ1v) is 6.15. The van der Waals surface area contributed by atoms with Gasteiger partial charge in [-0.05, 0) is 17.5 Å². The van der Waals surface area contributed by atoms with Crippen LogP contribution in [0, 0.1) is 0 Å². The van der Waals surface area contributed by atoms with Crippen LogP contribution in [0.4, 0.5) is 0 Å². The zero-order valence-corrected chi connectivity index (χ0v) is 10.6. The predicted octanol–water partition coefficient (Wildman–Crippen LogP) is 1.58. The van der Waals surface area contributed by atoms with Gasteiger partial charge >= 0.3 is 0 Å². The Kier molecular flexibility index (Phi) is 4.54. The smallest absolute Gasteiger partial charge is 0.0928 e. The van der Waals surface area contributed by atoms with Crippen molar-refractivity contribution in [3.63, 3.8) is 0 Å². The molecule has 2 atom stereocenters. The molecule has 0 radical (unpaired) electrons. The summed E-state index contributed by atoms with van der Waals surface area (Å²) in [5, 5.41) is 3.46. The Morgan fingerprint density at radius 2 is 2.18 bits per heavy atom. The molecule has 94 valence electrons. The molecule has 0 saturated heterocycles. The summed E-state index contributed by atoms with van der Waals surface area (Å²) in [4.78, 5) is 0. The zero-order valence-electron chi connectivity index (χ0n) is 10.6. The van der Waals surface area contributed by atoms with Gasteiger partial charge in [0.05, 0.1) is 12.7 Å². The van der Waals surface area contributed by atoms with E-state index in [1.54, 1.807) is 14.2 Å². The predicted molar refractivity (Wildman–Crippen MR) is 68.4 cm³/mol. The van der Waals surface area contributed by atoms with Crippen molar-refractivity contribution in [2.45, 2.75) is 18.4 Å². The van der Waals surface area contributed by atoms with Crippen molar-refractivity contribution in [1.29, 1.82) is 0 Å². The summed E-state index contributed by atoms with van der Waals surface area (Å²) in [6.07, 6.45) is 1.35. The van der Waals surface area contributed by atoms with E-state index in [-0.39, 0.29) is 6.10 Å². The molecular formula is C14H21NO2. The van der Waals surface area contributed by atoms with Crippen LogP contribution in [-0.2, 0) is 15.9 Å². The second-order valence-corrected chi connectivity index (χ2v) is 4.57. The van der Waals surface area contributed by atoms with Crippen LogP contribution in [0.5, 0.6) is 0 Å². The van der Waals surface area contributed by atoms with E-state index in [1.807, 2.05) is 0 Å². The van der Waals surface area contributed by atoms with Gasteiger partial charge < -0.3 is 14.8 Å². The Balaban J connectivity index is 1.71. The van der Waals surface area contributed by atoms with Crippen molar-refractivity contribution in [3.8, 4) is 0 Å². The average molecular weight is 235 g/mol. The lowest BCUT2D eigenvalue weighted by Crippen LogP contribution is -2.36. The van der Waals surface area contributed by atoms with Crippen LogP contribution < -0.4 is 5.32 Å². The van der Waals surface area contributed by atoms with E-state index in [0.717, 1.165) is 13.1 Å². The molecule has 1 aromatic rings. The Hall–Kier alpha value is -0.900. The zero-order chi connectivity index (χ0) is 12.1. The minimum absolute atomic E-state index is 0.148. The fourth-order valence-electron chi connectivity index (χ4n) is 2.36. The van der Waals surface area contributed by atoms with E-state index >= 15 is 0 Å². The highest BCUT2D eigenvalue weighted by Gasteiger charge is 2.24. The molecular weight excluding hydrogens is 214 g/mol. The molecule has 0 heterocycles.